The molecule has 8 heteroatoms. The number of amides is 2. The van der Waals surface area contributed by atoms with E-state index in [-0.39, 0.29) is 30.1 Å². The van der Waals surface area contributed by atoms with Gasteiger partial charge in [0.2, 0.25) is 6.35 Å². The number of imide groups is 1. The Morgan fingerprint density at radius 3 is 2.29 bits per heavy atom. The smallest absolute Gasteiger partial charge is 0.367 e. The molecular weight excluding hydrogens is 333 g/mol. The van der Waals surface area contributed by atoms with Gasteiger partial charge >= 0.3 is 13.8 Å². The van der Waals surface area contributed by atoms with Crippen LogP contribution in [-0.4, -0.2) is 55.0 Å². The van der Waals surface area contributed by atoms with Crippen molar-refractivity contribution in [2.45, 2.75) is 19.4 Å². The van der Waals surface area contributed by atoms with Crippen LogP contribution in [0.5, 0.6) is 0 Å². The highest BCUT2D eigenvalue weighted by Gasteiger charge is 2.43. The van der Waals surface area contributed by atoms with Gasteiger partial charge in [-0.15, -0.1) is 0 Å². The lowest BCUT2D eigenvalue weighted by Gasteiger charge is -2.22. The zero-order chi connectivity index (χ0) is 17.7. The summed E-state index contributed by atoms with van der Waals surface area (Å²) in [7, 11) is -0.491. The van der Waals surface area contributed by atoms with Crippen molar-refractivity contribution in [2.24, 2.45) is 0 Å². The van der Waals surface area contributed by atoms with Gasteiger partial charge in [0.05, 0.1) is 18.2 Å². The second-order valence-corrected chi connectivity index (χ2v) is 6.85. The third-order valence-electron chi connectivity index (χ3n) is 3.70. The van der Waals surface area contributed by atoms with Crippen molar-refractivity contribution in [1.29, 1.82) is 0 Å². The number of ether oxygens (including phenoxy) is 2. The minimum atomic E-state index is -1.68. The number of carbonyl (C=O) groups excluding carboxylic acids is 3. The molecule has 1 aliphatic rings. The van der Waals surface area contributed by atoms with Gasteiger partial charge in [0.1, 0.15) is 6.04 Å². The molecule has 0 radical (unpaired) electrons. The molecule has 1 heterocycles. The zero-order valence-electron chi connectivity index (χ0n) is 13.6. The number of fused-ring (bicyclic) bond motifs is 1. The van der Waals surface area contributed by atoms with E-state index in [1.807, 2.05) is 0 Å². The molecule has 2 unspecified atom stereocenters. The molecule has 24 heavy (non-hydrogen) atoms. The van der Waals surface area contributed by atoms with Gasteiger partial charge in [-0.1, -0.05) is 16.7 Å². The summed E-state index contributed by atoms with van der Waals surface area (Å²) in [6, 6.07) is 5.29. The van der Waals surface area contributed by atoms with Gasteiger partial charge in [-0.2, -0.15) is 0 Å². The van der Waals surface area contributed by atoms with Gasteiger partial charge in [-0.3, -0.25) is 14.5 Å². The van der Waals surface area contributed by atoms with E-state index in [9.17, 15) is 18.9 Å². The predicted octanol–water partition coefficient (Wildman–Crippen LogP) is 2.04. The van der Waals surface area contributed by atoms with E-state index in [2.05, 4.69) is 0 Å². The molecule has 7 nitrogen and oxygen atoms in total. The maximum absolute atomic E-state index is 12.5. The number of esters is 1. The van der Waals surface area contributed by atoms with Crippen molar-refractivity contribution in [3.63, 3.8) is 0 Å². The van der Waals surface area contributed by atoms with E-state index in [0.29, 0.717) is 6.61 Å². The molecule has 1 aromatic rings. The van der Waals surface area contributed by atoms with Crippen LogP contribution in [0.15, 0.2) is 24.3 Å². The topological polar surface area (TPSA) is 90.0 Å². The van der Waals surface area contributed by atoms with Crippen molar-refractivity contribution < 1.29 is 28.4 Å². The normalized spacial score (nSPS) is 15.2. The molecule has 0 fully saturated rings. The fraction of sp³-hybridized carbons (Fsp3) is 0.438. The lowest BCUT2D eigenvalue weighted by molar-refractivity contribution is -0.145. The second-order valence-electron chi connectivity index (χ2n) is 5.18. The first-order valence-corrected chi connectivity index (χ1v) is 9.18. The molecule has 0 aromatic heterocycles. The Hall–Kier alpha value is -2.11. The van der Waals surface area contributed by atoms with E-state index < -0.39 is 31.6 Å². The van der Waals surface area contributed by atoms with E-state index >= 15 is 0 Å². The summed E-state index contributed by atoms with van der Waals surface area (Å²) >= 11 is 0. The Labute approximate surface area is 140 Å². The van der Waals surface area contributed by atoms with Crippen LogP contribution < -0.4 is 0 Å². The van der Waals surface area contributed by atoms with Crippen LogP contribution >= 0.6 is 7.80 Å². The Bertz CT molecular complexity index is 639. The number of benzene rings is 1. The van der Waals surface area contributed by atoms with E-state index in [4.69, 9.17) is 9.47 Å². The Balaban J connectivity index is 2.17. The van der Waals surface area contributed by atoms with Gasteiger partial charge in [0.25, 0.3) is 11.8 Å². The quantitative estimate of drug-likeness (QED) is 0.404. The van der Waals surface area contributed by atoms with Crippen LogP contribution in [-0.2, 0) is 18.8 Å². The predicted molar refractivity (Wildman–Crippen MR) is 86.3 cm³/mol. The number of hydrogen-bond donors (Lipinski definition) is 0. The summed E-state index contributed by atoms with van der Waals surface area (Å²) in [5.41, 5.74) is 0.519. The summed E-state index contributed by atoms with van der Waals surface area (Å²) in [5.74, 6) is -1.78. The fourth-order valence-electron chi connectivity index (χ4n) is 2.50. The van der Waals surface area contributed by atoms with Crippen molar-refractivity contribution in [3.05, 3.63) is 35.4 Å². The van der Waals surface area contributed by atoms with E-state index in [1.54, 1.807) is 31.2 Å². The van der Waals surface area contributed by atoms with Crippen LogP contribution in [0.3, 0.4) is 0 Å². The number of carbonyl (C=O) groups is 3. The average molecular weight is 352 g/mol. The monoisotopic (exact) mass is 352 g/mol. The number of methoxy groups -OCH3 is 1. The number of rotatable bonds is 8. The zero-order valence-corrected chi connectivity index (χ0v) is 14.5. The van der Waals surface area contributed by atoms with Gasteiger partial charge in [-0.25, -0.2) is 4.79 Å². The maximum Gasteiger partial charge on any atom is 0.367 e. The van der Waals surface area contributed by atoms with E-state index in [0.717, 1.165) is 4.90 Å². The fourth-order valence-corrected chi connectivity index (χ4v) is 3.55. The summed E-state index contributed by atoms with van der Waals surface area (Å²) in [6.45, 7) is 2.24. The van der Waals surface area contributed by atoms with Crippen LogP contribution in [0.1, 0.15) is 34.1 Å². The summed E-state index contributed by atoms with van der Waals surface area (Å²) in [4.78, 5) is 37.9. The largest absolute Gasteiger partial charge is 0.467 e. The van der Waals surface area contributed by atoms with Gasteiger partial charge < -0.3 is 9.47 Å². The van der Waals surface area contributed by atoms with Crippen molar-refractivity contribution in [2.75, 3.05) is 26.2 Å². The van der Waals surface area contributed by atoms with Gasteiger partial charge in [0, 0.05) is 13.0 Å². The van der Waals surface area contributed by atoms with Gasteiger partial charge in [-0.05, 0) is 19.1 Å². The highest BCUT2D eigenvalue weighted by Crippen LogP contribution is 2.29. The third-order valence-corrected chi connectivity index (χ3v) is 4.93. The van der Waals surface area contributed by atoms with E-state index in [1.165, 1.54) is 7.11 Å². The SMILES string of the molecule is CCOC[P+](=O)CCC(C(=O)OC)N1C(=O)c2ccccc2C1=O. The first kappa shape index (κ1) is 18.2. The molecule has 0 bridgehead atoms. The molecule has 2 amide bonds. The van der Waals surface area contributed by atoms with Crippen LogP contribution in [0.2, 0.25) is 0 Å². The molecule has 1 aliphatic heterocycles. The summed E-state index contributed by atoms with van der Waals surface area (Å²) < 4.78 is 21.7. The molecule has 2 rings (SSSR count). The first-order valence-electron chi connectivity index (χ1n) is 7.55. The third kappa shape index (κ3) is 3.68. The molecule has 1 aromatic carbocycles. The highest BCUT2D eigenvalue weighted by atomic mass is 31.1. The minimum absolute atomic E-state index is 0.0699. The number of hydrogen-bond acceptors (Lipinski definition) is 6. The molecule has 0 N–H and O–H groups in total. The number of nitrogens with zero attached hydrogens (tertiary/aromatic N) is 1. The highest BCUT2D eigenvalue weighted by molar-refractivity contribution is 7.44. The molecule has 0 saturated heterocycles. The second kappa shape index (κ2) is 8.13. The molecular formula is C16H19NO6P+. The Kier molecular flexibility index (Phi) is 6.17. The molecule has 128 valence electrons. The average Bonchev–Trinajstić information content (AvgIpc) is 2.85. The lowest BCUT2D eigenvalue weighted by Crippen LogP contribution is -2.45. The summed E-state index contributed by atoms with van der Waals surface area (Å²) in [6.07, 6.45) is 0.310. The molecule has 0 aliphatic carbocycles. The van der Waals surface area contributed by atoms with Crippen LogP contribution in [0, 0.1) is 0 Å². The van der Waals surface area contributed by atoms with Crippen LogP contribution in [0.4, 0.5) is 0 Å². The van der Waals surface area contributed by atoms with Gasteiger partial charge in [0.15, 0.2) is 6.16 Å². The Morgan fingerprint density at radius 2 is 1.79 bits per heavy atom. The lowest BCUT2D eigenvalue weighted by atomic mass is 10.1. The Morgan fingerprint density at radius 1 is 1.21 bits per heavy atom. The first-order chi connectivity index (χ1) is 11.5. The standard InChI is InChI=1S/C16H19NO6P/c1-3-23-10-24(21)9-8-13(16(20)22-2)17-14(18)11-6-4-5-7-12(11)15(17)19/h4-7,13H,3,8-10H2,1-2H3/q+1. The minimum Gasteiger partial charge on any atom is -0.467 e. The van der Waals surface area contributed by atoms with Crippen molar-refractivity contribution >= 4 is 25.6 Å². The van der Waals surface area contributed by atoms with Crippen molar-refractivity contribution in [1.82, 2.24) is 4.90 Å². The van der Waals surface area contributed by atoms with Crippen molar-refractivity contribution in [3.8, 4) is 0 Å². The molecule has 0 spiro atoms. The molecule has 0 saturated carbocycles. The van der Waals surface area contributed by atoms with Crippen LogP contribution in [0.25, 0.3) is 0 Å². The maximum atomic E-state index is 12.5. The summed E-state index contributed by atoms with van der Waals surface area (Å²) in [5, 5.41) is 0. The molecule has 2 atom stereocenters.